The Kier molecular flexibility index (Phi) is 3.71. The average molecular weight is 274 g/mol. The van der Waals surface area contributed by atoms with Crippen LogP contribution in [0.15, 0.2) is 4.42 Å². The van der Waals surface area contributed by atoms with Crippen LogP contribution in [0, 0.1) is 17.9 Å². The highest BCUT2D eigenvalue weighted by Crippen LogP contribution is 2.40. The summed E-state index contributed by atoms with van der Waals surface area (Å²) < 4.78 is 10.5. The number of carbonyl (C=O) groups excluding carboxylic acids is 1. The van der Waals surface area contributed by atoms with Gasteiger partial charge in [0, 0.05) is 5.92 Å². The summed E-state index contributed by atoms with van der Waals surface area (Å²) in [6.07, 6.45) is 1.95. The minimum absolute atomic E-state index is 0.0274. The Morgan fingerprint density at radius 1 is 1.70 bits per heavy atom. The van der Waals surface area contributed by atoms with Crippen molar-refractivity contribution in [3.8, 4) is 6.07 Å². The van der Waals surface area contributed by atoms with Gasteiger partial charge in [-0.2, -0.15) is 5.26 Å². The van der Waals surface area contributed by atoms with Gasteiger partial charge in [-0.1, -0.05) is 0 Å². The number of carbonyl (C=O) groups is 1. The summed E-state index contributed by atoms with van der Waals surface area (Å²) in [5, 5.41) is 16.9. The minimum Gasteiger partial charge on any atom is -0.465 e. The van der Waals surface area contributed by atoms with Crippen molar-refractivity contribution in [2.24, 2.45) is 0 Å². The second-order valence-electron chi connectivity index (χ2n) is 4.80. The largest absolute Gasteiger partial charge is 0.465 e. The lowest BCUT2D eigenvalue weighted by atomic mass is 9.83. The molecule has 0 radical (unpaired) electrons. The Labute approximate surface area is 116 Å². The molecule has 0 aliphatic heterocycles. The number of ether oxygens (including phenoxy) is 1. The minimum atomic E-state index is -1.56. The number of esters is 1. The van der Waals surface area contributed by atoms with Gasteiger partial charge in [0.15, 0.2) is 6.07 Å². The summed E-state index contributed by atoms with van der Waals surface area (Å²) >= 11 is 0. The molecule has 1 fully saturated rings. The van der Waals surface area contributed by atoms with E-state index in [2.05, 4.69) is 15.0 Å². The first-order chi connectivity index (χ1) is 9.57. The predicted molar refractivity (Wildman–Crippen MR) is 66.3 cm³/mol. The lowest BCUT2D eigenvalue weighted by molar-refractivity contribution is -0.150. The molecule has 0 spiro atoms. The van der Waals surface area contributed by atoms with E-state index in [1.807, 2.05) is 0 Å². The van der Waals surface area contributed by atoms with Crippen LogP contribution in [0.2, 0.25) is 0 Å². The first-order valence-electron chi connectivity index (χ1n) is 6.35. The fourth-order valence-electron chi connectivity index (χ4n) is 1.82. The number of nitriles is 1. The fourth-order valence-corrected chi connectivity index (χ4v) is 1.82. The Bertz CT molecular complexity index is 579. The molecule has 1 aromatic rings. The molecule has 2 atom stereocenters. The van der Waals surface area contributed by atoms with Gasteiger partial charge in [-0.25, -0.2) is 6.57 Å². The summed E-state index contributed by atoms with van der Waals surface area (Å²) in [7, 11) is 0. The first-order valence-corrected chi connectivity index (χ1v) is 6.35. The van der Waals surface area contributed by atoms with Crippen molar-refractivity contribution in [2.45, 2.75) is 44.1 Å². The van der Waals surface area contributed by atoms with Crippen molar-refractivity contribution >= 4 is 5.97 Å². The van der Waals surface area contributed by atoms with E-state index in [4.69, 9.17) is 21.0 Å². The standard InChI is InChI=1S/C13H14N4O3/c1-4-19-12(18)13(2,9(7-14)15-3)11-17-16-10(20-11)8-5-6-8/h8-9H,4-6H2,1-2H3. The van der Waals surface area contributed by atoms with Gasteiger partial charge in [0.2, 0.25) is 17.2 Å². The maximum absolute atomic E-state index is 12.2. The molecule has 1 aliphatic carbocycles. The van der Waals surface area contributed by atoms with Gasteiger partial charge >= 0.3 is 12.0 Å². The highest BCUT2D eigenvalue weighted by Gasteiger charge is 2.55. The molecule has 7 heteroatoms. The van der Waals surface area contributed by atoms with E-state index in [1.165, 1.54) is 6.92 Å². The zero-order valence-corrected chi connectivity index (χ0v) is 11.3. The Hall–Kier alpha value is -2.41. The fraction of sp³-hybridized carbons (Fsp3) is 0.615. The second kappa shape index (κ2) is 5.30. The Morgan fingerprint density at radius 2 is 2.40 bits per heavy atom. The maximum Gasteiger partial charge on any atom is 0.331 e. The lowest BCUT2D eigenvalue weighted by Crippen LogP contribution is -2.43. The second-order valence-corrected chi connectivity index (χ2v) is 4.80. The van der Waals surface area contributed by atoms with Gasteiger partial charge < -0.3 is 9.15 Å². The molecule has 2 unspecified atom stereocenters. The Balaban J connectivity index is 2.41. The van der Waals surface area contributed by atoms with Crippen LogP contribution < -0.4 is 0 Å². The monoisotopic (exact) mass is 274 g/mol. The van der Waals surface area contributed by atoms with Crippen LogP contribution in [-0.2, 0) is 14.9 Å². The first kappa shape index (κ1) is 14.0. The highest BCUT2D eigenvalue weighted by atomic mass is 16.5. The van der Waals surface area contributed by atoms with Crippen LogP contribution in [0.1, 0.15) is 44.4 Å². The molecule has 1 saturated carbocycles. The molecule has 1 aliphatic rings. The van der Waals surface area contributed by atoms with Crippen LogP contribution in [0.3, 0.4) is 0 Å². The molecular formula is C13H14N4O3. The van der Waals surface area contributed by atoms with Gasteiger partial charge in [-0.3, -0.25) is 9.64 Å². The van der Waals surface area contributed by atoms with Crippen LogP contribution in [0.4, 0.5) is 0 Å². The highest BCUT2D eigenvalue weighted by molar-refractivity contribution is 5.83. The van der Waals surface area contributed by atoms with Crippen molar-refractivity contribution < 1.29 is 13.9 Å². The lowest BCUT2D eigenvalue weighted by Gasteiger charge is -2.20. The molecule has 1 aromatic heterocycles. The van der Waals surface area contributed by atoms with E-state index in [1.54, 1.807) is 13.0 Å². The molecule has 0 aromatic carbocycles. The number of hydrogen-bond acceptors (Lipinski definition) is 6. The molecule has 0 amide bonds. The van der Waals surface area contributed by atoms with Gasteiger partial charge in [-0.05, 0) is 26.7 Å². The van der Waals surface area contributed by atoms with Crippen LogP contribution in [-0.4, -0.2) is 28.8 Å². The smallest absolute Gasteiger partial charge is 0.331 e. The predicted octanol–water partition coefficient (Wildman–Crippen LogP) is 1.58. The molecule has 7 nitrogen and oxygen atoms in total. The van der Waals surface area contributed by atoms with Crippen molar-refractivity contribution in [1.29, 1.82) is 5.26 Å². The van der Waals surface area contributed by atoms with Gasteiger partial charge in [0.25, 0.3) is 0 Å². The third kappa shape index (κ3) is 2.23. The third-order valence-corrected chi connectivity index (χ3v) is 3.31. The van der Waals surface area contributed by atoms with E-state index in [-0.39, 0.29) is 18.4 Å². The maximum atomic E-state index is 12.2. The SMILES string of the molecule is [C-]#[N+]C(C#N)C(C)(C(=O)OCC)c1nnc(C2CC2)o1. The van der Waals surface area contributed by atoms with Gasteiger partial charge in [-0.15, -0.1) is 10.2 Å². The molecule has 0 N–H and O–H groups in total. The number of hydrogen-bond donors (Lipinski definition) is 0. The third-order valence-electron chi connectivity index (χ3n) is 3.31. The quantitative estimate of drug-likeness (QED) is 0.597. The van der Waals surface area contributed by atoms with Gasteiger partial charge in [0.1, 0.15) is 0 Å². The van der Waals surface area contributed by atoms with Crippen molar-refractivity contribution in [1.82, 2.24) is 10.2 Å². The summed E-state index contributed by atoms with van der Waals surface area (Å²) in [4.78, 5) is 15.4. The van der Waals surface area contributed by atoms with Crippen LogP contribution in [0.5, 0.6) is 0 Å². The van der Waals surface area contributed by atoms with E-state index in [9.17, 15) is 4.79 Å². The molecule has 104 valence electrons. The number of nitrogens with zero attached hydrogens (tertiary/aromatic N) is 4. The van der Waals surface area contributed by atoms with E-state index >= 15 is 0 Å². The normalized spacial score (nSPS) is 18.4. The summed E-state index contributed by atoms with van der Waals surface area (Å²) in [5.41, 5.74) is -1.56. The summed E-state index contributed by atoms with van der Waals surface area (Å²) in [6.45, 7) is 10.3. The number of aromatic nitrogens is 2. The van der Waals surface area contributed by atoms with Crippen molar-refractivity contribution in [3.05, 3.63) is 23.2 Å². The summed E-state index contributed by atoms with van der Waals surface area (Å²) in [6, 6.07) is 0.532. The molecular weight excluding hydrogens is 260 g/mol. The zero-order chi connectivity index (χ0) is 14.8. The van der Waals surface area contributed by atoms with Crippen molar-refractivity contribution in [2.75, 3.05) is 6.61 Å². The summed E-state index contributed by atoms with van der Waals surface area (Å²) in [5.74, 6) is -0.0395. The zero-order valence-electron chi connectivity index (χ0n) is 11.3. The number of rotatable bonds is 5. The Morgan fingerprint density at radius 3 is 2.90 bits per heavy atom. The van der Waals surface area contributed by atoms with Gasteiger partial charge in [0.05, 0.1) is 6.61 Å². The van der Waals surface area contributed by atoms with Crippen molar-refractivity contribution in [3.63, 3.8) is 0 Å². The van der Waals surface area contributed by atoms with E-state index in [0.29, 0.717) is 5.89 Å². The van der Waals surface area contributed by atoms with E-state index < -0.39 is 17.4 Å². The molecule has 2 rings (SSSR count). The molecule has 1 heterocycles. The topological polar surface area (TPSA) is 93.4 Å². The van der Waals surface area contributed by atoms with Crippen LogP contribution in [0.25, 0.3) is 4.85 Å². The molecule has 0 bridgehead atoms. The van der Waals surface area contributed by atoms with Crippen LogP contribution >= 0.6 is 0 Å². The van der Waals surface area contributed by atoms with E-state index in [0.717, 1.165) is 12.8 Å². The molecule has 20 heavy (non-hydrogen) atoms. The average Bonchev–Trinajstić information content (AvgIpc) is 3.17. The molecule has 0 saturated heterocycles.